The van der Waals surface area contributed by atoms with E-state index < -0.39 is 5.92 Å². The summed E-state index contributed by atoms with van der Waals surface area (Å²) in [5.74, 6) is -1.11. The van der Waals surface area contributed by atoms with Gasteiger partial charge in [0.2, 0.25) is 11.8 Å². The zero-order valence-electron chi connectivity index (χ0n) is 15.0. The van der Waals surface area contributed by atoms with Gasteiger partial charge in [0, 0.05) is 12.2 Å². The van der Waals surface area contributed by atoms with Crippen LogP contribution < -0.4 is 10.2 Å². The minimum absolute atomic E-state index is 0.00566. The highest BCUT2D eigenvalue weighted by atomic mass is 16.3. The molecule has 1 aliphatic heterocycles. The van der Waals surface area contributed by atoms with Crippen LogP contribution in [0.2, 0.25) is 0 Å². The van der Waals surface area contributed by atoms with E-state index >= 15 is 0 Å². The molecule has 0 aliphatic carbocycles. The Bertz CT molecular complexity index is 590. The fourth-order valence-corrected chi connectivity index (χ4v) is 3.11. The number of aliphatic hydroxyl groups excluding tert-OH is 1. The zero-order valence-corrected chi connectivity index (χ0v) is 15.0. The zero-order chi connectivity index (χ0) is 17.9. The fourth-order valence-electron chi connectivity index (χ4n) is 3.11. The van der Waals surface area contributed by atoms with Crippen LogP contribution in [0.4, 0.5) is 5.69 Å². The summed E-state index contributed by atoms with van der Waals surface area (Å²) in [4.78, 5) is 26.7. The third kappa shape index (κ3) is 4.57. The number of hydrogen-bond acceptors (Lipinski definition) is 3. The molecule has 0 spiro atoms. The predicted molar refractivity (Wildman–Crippen MR) is 94.7 cm³/mol. The van der Waals surface area contributed by atoms with Gasteiger partial charge in [-0.05, 0) is 37.3 Å². The second-order valence-electron chi connectivity index (χ2n) is 7.82. The van der Waals surface area contributed by atoms with E-state index in [2.05, 4.69) is 26.1 Å². The summed E-state index contributed by atoms with van der Waals surface area (Å²) in [5, 5.41) is 12.3. The maximum atomic E-state index is 12.6. The summed E-state index contributed by atoms with van der Waals surface area (Å²) in [6.45, 7) is 8.59. The quantitative estimate of drug-likeness (QED) is 0.813. The van der Waals surface area contributed by atoms with Crippen molar-refractivity contribution in [3.05, 3.63) is 29.8 Å². The number of aliphatic hydroxyl groups is 1. The molecule has 2 amide bonds. The predicted octanol–water partition coefficient (Wildman–Crippen LogP) is 2.26. The Morgan fingerprint density at radius 1 is 1.33 bits per heavy atom. The van der Waals surface area contributed by atoms with Gasteiger partial charge >= 0.3 is 0 Å². The van der Waals surface area contributed by atoms with E-state index in [1.165, 1.54) is 0 Å². The lowest BCUT2D eigenvalue weighted by molar-refractivity contribution is -0.132. The topological polar surface area (TPSA) is 69.6 Å². The van der Waals surface area contributed by atoms with Crippen LogP contribution in [0, 0.1) is 18.3 Å². The van der Waals surface area contributed by atoms with Gasteiger partial charge in [-0.3, -0.25) is 9.59 Å². The SMILES string of the molecule is Cc1ccc(N2CCC(C(=O)NC(CO)CC(C)(C)C)C2=O)cc1. The molecule has 5 nitrogen and oxygen atoms in total. The number of benzene rings is 1. The second-order valence-corrected chi connectivity index (χ2v) is 7.82. The molecular weight excluding hydrogens is 304 g/mol. The van der Waals surface area contributed by atoms with Gasteiger partial charge in [0.1, 0.15) is 5.92 Å². The number of carbonyl (C=O) groups is 2. The number of amides is 2. The number of aryl methyl sites for hydroxylation is 1. The Balaban J connectivity index is 2.01. The van der Waals surface area contributed by atoms with Gasteiger partial charge in [0.05, 0.1) is 12.6 Å². The van der Waals surface area contributed by atoms with Crippen LogP contribution in [0.15, 0.2) is 24.3 Å². The standard InChI is InChI=1S/C19H28N2O3/c1-13-5-7-15(8-6-13)21-10-9-16(18(21)24)17(23)20-14(12-22)11-19(2,3)4/h5-8,14,16,22H,9-12H2,1-4H3,(H,20,23). The number of nitrogens with one attached hydrogen (secondary N) is 1. The van der Waals surface area contributed by atoms with Gasteiger partial charge in [-0.2, -0.15) is 0 Å². The second kappa shape index (κ2) is 7.34. The summed E-state index contributed by atoms with van der Waals surface area (Å²) in [6, 6.07) is 7.41. The van der Waals surface area contributed by atoms with E-state index in [1.54, 1.807) is 4.90 Å². The maximum Gasteiger partial charge on any atom is 0.239 e. The Morgan fingerprint density at radius 3 is 2.50 bits per heavy atom. The first-order chi connectivity index (χ1) is 11.2. The molecule has 24 heavy (non-hydrogen) atoms. The lowest BCUT2D eigenvalue weighted by Crippen LogP contribution is -2.45. The summed E-state index contributed by atoms with van der Waals surface area (Å²) in [7, 11) is 0. The van der Waals surface area contributed by atoms with Gasteiger partial charge < -0.3 is 15.3 Å². The first kappa shape index (κ1) is 18.5. The molecule has 0 aromatic heterocycles. The molecule has 5 heteroatoms. The molecule has 1 heterocycles. The van der Waals surface area contributed by atoms with Crippen molar-refractivity contribution in [2.45, 2.75) is 46.6 Å². The van der Waals surface area contributed by atoms with E-state index in [0.29, 0.717) is 19.4 Å². The van der Waals surface area contributed by atoms with Crippen LogP contribution in [-0.2, 0) is 9.59 Å². The van der Waals surface area contributed by atoms with Crippen molar-refractivity contribution >= 4 is 17.5 Å². The Labute approximate surface area is 144 Å². The first-order valence-corrected chi connectivity index (χ1v) is 8.50. The van der Waals surface area contributed by atoms with Gasteiger partial charge in [0.15, 0.2) is 0 Å². The van der Waals surface area contributed by atoms with Gasteiger partial charge in [-0.25, -0.2) is 0 Å². The highest BCUT2D eigenvalue weighted by Crippen LogP contribution is 2.26. The molecular formula is C19H28N2O3. The summed E-state index contributed by atoms with van der Waals surface area (Å²) < 4.78 is 0. The molecule has 2 atom stereocenters. The normalized spacial score (nSPS) is 19.5. The first-order valence-electron chi connectivity index (χ1n) is 8.50. The Kier molecular flexibility index (Phi) is 5.65. The molecule has 0 bridgehead atoms. The Morgan fingerprint density at radius 2 is 1.96 bits per heavy atom. The van der Waals surface area contributed by atoms with E-state index in [-0.39, 0.29) is 29.9 Å². The number of carbonyl (C=O) groups excluding carboxylic acids is 2. The molecule has 1 aromatic carbocycles. The highest BCUT2D eigenvalue weighted by Gasteiger charge is 2.38. The third-order valence-electron chi connectivity index (χ3n) is 4.29. The number of anilines is 1. The molecule has 2 rings (SSSR count). The van der Waals surface area contributed by atoms with Crippen molar-refractivity contribution in [3.63, 3.8) is 0 Å². The van der Waals surface area contributed by atoms with Crippen molar-refractivity contribution in [2.75, 3.05) is 18.1 Å². The van der Waals surface area contributed by atoms with Crippen LogP contribution >= 0.6 is 0 Å². The molecule has 1 aromatic rings. The minimum Gasteiger partial charge on any atom is -0.394 e. The smallest absolute Gasteiger partial charge is 0.239 e. The molecule has 132 valence electrons. The monoisotopic (exact) mass is 332 g/mol. The largest absolute Gasteiger partial charge is 0.394 e. The van der Waals surface area contributed by atoms with Crippen LogP contribution in [0.5, 0.6) is 0 Å². The fraction of sp³-hybridized carbons (Fsp3) is 0.579. The molecule has 0 saturated carbocycles. The van der Waals surface area contributed by atoms with Crippen molar-refractivity contribution in [1.82, 2.24) is 5.32 Å². The molecule has 2 unspecified atom stereocenters. The van der Waals surface area contributed by atoms with Gasteiger partial charge in [-0.1, -0.05) is 38.5 Å². The number of rotatable bonds is 5. The van der Waals surface area contributed by atoms with Gasteiger partial charge in [-0.15, -0.1) is 0 Å². The van der Waals surface area contributed by atoms with Crippen molar-refractivity contribution in [3.8, 4) is 0 Å². The van der Waals surface area contributed by atoms with Crippen molar-refractivity contribution < 1.29 is 14.7 Å². The van der Waals surface area contributed by atoms with Crippen molar-refractivity contribution in [2.24, 2.45) is 11.3 Å². The minimum atomic E-state index is -0.666. The van der Waals surface area contributed by atoms with E-state index in [1.807, 2.05) is 31.2 Å². The highest BCUT2D eigenvalue weighted by molar-refractivity contribution is 6.09. The molecule has 1 aliphatic rings. The van der Waals surface area contributed by atoms with Crippen LogP contribution in [0.25, 0.3) is 0 Å². The Hall–Kier alpha value is -1.88. The van der Waals surface area contributed by atoms with Gasteiger partial charge in [0.25, 0.3) is 0 Å². The maximum absolute atomic E-state index is 12.6. The van der Waals surface area contributed by atoms with Crippen molar-refractivity contribution in [1.29, 1.82) is 0 Å². The molecule has 1 saturated heterocycles. The lowest BCUT2D eigenvalue weighted by Gasteiger charge is -2.26. The van der Waals surface area contributed by atoms with E-state index in [0.717, 1.165) is 11.3 Å². The third-order valence-corrected chi connectivity index (χ3v) is 4.29. The summed E-state index contributed by atoms with van der Waals surface area (Å²) in [5.41, 5.74) is 1.95. The van der Waals surface area contributed by atoms with Crippen LogP contribution in [0.1, 0.15) is 39.2 Å². The summed E-state index contributed by atoms with van der Waals surface area (Å²) >= 11 is 0. The lowest BCUT2D eigenvalue weighted by atomic mass is 9.88. The van der Waals surface area contributed by atoms with E-state index in [4.69, 9.17) is 0 Å². The van der Waals surface area contributed by atoms with Crippen LogP contribution in [0.3, 0.4) is 0 Å². The number of nitrogens with zero attached hydrogens (tertiary/aromatic N) is 1. The molecule has 0 radical (unpaired) electrons. The average molecular weight is 332 g/mol. The van der Waals surface area contributed by atoms with E-state index in [9.17, 15) is 14.7 Å². The molecule has 2 N–H and O–H groups in total. The average Bonchev–Trinajstić information content (AvgIpc) is 2.87. The number of hydrogen-bond donors (Lipinski definition) is 2. The molecule has 1 fully saturated rings. The summed E-state index contributed by atoms with van der Waals surface area (Å²) in [6.07, 6.45) is 1.17. The van der Waals surface area contributed by atoms with Crippen LogP contribution in [-0.4, -0.2) is 36.1 Å².